The van der Waals surface area contributed by atoms with Gasteiger partial charge in [0.1, 0.15) is 73.2 Å². The van der Waals surface area contributed by atoms with Gasteiger partial charge in [0.05, 0.1) is 38.6 Å². The molecule has 63 heavy (non-hydrogen) atoms. The normalized spacial score (nSPS) is 35.4. The van der Waals surface area contributed by atoms with Gasteiger partial charge in [0.2, 0.25) is 5.91 Å². The first-order valence-electron chi connectivity index (χ1n) is 22.0. The molecule has 0 spiro atoms. The summed E-state index contributed by atoms with van der Waals surface area (Å²) >= 11 is 0. The number of carbonyl (C=O) groups is 1. The minimum atomic E-state index is -1.98. The fourth-order valence-corrected chi connectivity index (χ4v) is 7.08. The van der Waals surface area contributed by atoms with Gasteiger partial charge in [-0.3, -0.25) is 4.79 Å². The van der Waals surface area contributed by atoms with Crippen LogP contribution in [0.4, 0.5) is 0 Å². The lowest BCUT2D eigenvalue weighted by Crippen LogP contribution is -2.66. The number of hydrogen-bond donors (Lipinski definition) is 12. The van der Waals surface area contributed by atoms with E-state index in [0.29, 0.717) is 19.3 Å². The van der Waals surface area contributed by atoms with Gasteiger partial charge in [0, 0.05) is 6.42 Å². The van der Waals surface area contributed by atoms with Crippen molar-refractivity contribution in [1.82, 2.24) is 5.32 Å². The fraction of sp³-hybridized carbons (Fsp3) is 0.750. The van der Waals surface area contributed by atoms with Crippen molar-refractivity contribution in [3.63, 3.8) is 0 Å². The number of amides is 1. The second-order valence-electron chi connectivity index (χ2n) is 15.8. The fourth-order valence-electron chi connectivity index (χ4n) is 7.08. The van der Waals surface area contributed by atoms with Crippen molar-refractivity contribution in [2.45, 2.75) is 182 Å². The third-order valence-electron chi connectivity index (χ3n) is 10.8. The van der Waals surface area contributed by atoms with Crippen LogP contribution in [0.1, 0.15) is 78.1 Å². The highest BCUT2D eigenvalue weighted by Crippen LogP contribution is 2.32. The molecule has 19 nitrogen and oxygen atoms in total. The summed E-state index contributed by atoms with van der Waals surface area (Å²) in [6, 6.07) is -1.01. The Morgan fingerprint density at radius 1 is 0.587 bits per heavy atom. The number of aliphatic hydroxyl groups excluding tert-OH is 11. The number of hydrogen-bond acceptors (Lipinski definition) is 18. The van der Waals surface area contributed by atoms with E-state index in [-0.39, 0.29) is 18.9 Å². The third-order valence-corrected chi connectivity index (χ3v) is 10.8. The molecule has 12 N–H and O–H groups in total. The van der Waals surface area contributed by atoms with E-state index >= 15 is 0 Å². The Bertz CT molecular complexity index is 1410. The molecule has 3 saturated heterocycles. The van der Waals surface area contributed by atoms with Crippen LogP contribution in [0.5, 0.6) is 0 Å². The zero-order chi connectivity index (χ0) is 46.3. The van der Waals surface area contributed by atoms with Crippen LogP contribution in [0.25, 0.3) is 0 Å². The Labute approximate surface area is 369 Å². The van der Waals surface area contributed by atoms with Gasteiger partial charge in [-0.2, -0.15) is 0 Å². The van der Waals surface area contributed by atoms with Gasteiger partial charge >= 0.3 is 0 Å². The largest absolute Gasteiger partial charge is 0.394 e. The van der Waals surface area contributed by atoms with Gasteiger partial charge in [-0.25, -0.2) is 0 Å². The summed E-state index contributed by atoms with van der Waals surface area (Å²) in [4.78, 5) is 13.0. The number of unbranched alkanes of at least 4 members (excludes halogenated alkanes) is 3. The molecule has 0 radical (unpaired) electrons. The summed E-state index contributed by atoms with van der Waals surface area (Å²) < 4.78 is 33.8. The van der Waals surface area contributed by atoms with E-state index in [2.05, 4.69) is 49.5 Å². The molecule has 0 aromatic carbocycles. The lowest BCUT2D eigenvalue weighted by molar-refractivity contribution is -0.379. The first-order valence-corrected chi connectivity index (χ1v) is 22.0. The first kappa shape index (κ1) is 54.8. The van der Waals surface area contributed by atoms with Crippen LogP contribution in [-0.2, 0) is 33.2 Å². The van der Waals surface area contributed by atoms with E-state index in [4.69, 9.17) is 28.4 Å². The molecule has 0 bridgehead atoms. The summed E-state index contributed by atoms with van der Waals surface area (Å²) in [5, 5.41) is 119. The molecular formula is C44H73NO18. The Hall–Kier alpha value is -2.51. The number of rotatable bonds is 27. The third kappa shape index (κ3) is 17.3. The van der Waals surface area contributed by atoms with Crippen LogP contribution in [0.15, 0.2) is 60.8 Å². The predicted octanol–water partition coefficient (Wildman–Crippen LogP) is -0.981. The van der Waals surface area contributed by atoms with Crippen molar-refractivity contribution in [1.29, 1.82) is 0 Å². The van der Waals surface area contributed by atoms with Gasteiger partial charge in [0.15, 0.2) is 18.9 Å². The Balaban J connectivity index is 1.60. The molecule has 3 rings (SSSR count). The van der Waals surface area contributed by atoms with Crippen molar-refractivity contribution in [2.75, 3.05) is 26.4 Å². The number of ether oxygens (including phenoxy) is 6. The lowest BCUT2D eigenvalue weighted by atomic mass is 9.96. The molecule has 3 fully saturated rings. The molecule has 0 aromatic rings. The average molecular weight is 904 g/mol. The highest BCUT2D eigenvalue weighted by molar-refractivity contribution is 5.76. The van der Waals surface area contributed by atoms with Crippen molar-refractivity contribution in [2.24, 2.45) is 0 Å². The van der Waals surface area contributed by atoms with Crippen molar-refractivity contribution in [3.05, 3.63) is 60.8 Å². The zero-order valence-electron chi connectivity index (χ0n) is 36.3. The summed E-state index contributed by atoms with van der Waals surface area (Å²) in [6.07, 6.45) is 0.502. The van der Waals surface area contributed by atoms with E-state index in [1.54, 1.807) is 12.2 Å². The SMILES string of the molecule is CC/C=C\C/C=C\C/C=C\C/C=C\CCC(=O)NC(COC1OC(CO)C(OC2OC(CO)C(OC3OC(CO)C(O)C(O)C3O)C(O)C2O)C(O)C1O)C(O)/C=C/CCCCC. The zero-order valence-corrected chi connectivity index (χ0v) is 36.3. The van der Waals surface area contributed by atoms with Crippen LogP contribution >= 0.6 is 0 Å². The second kappa shape index (κ2) is 29.9. The minimum absolute atomic E-state index is 0.117. The molecule has 0 saturated carbocycles. The van der Waals surface area contributed by atoms with Gasteiger partial charge < -0.3 is 89.9 Å². The molecule has 362 valence electrons. The van der Waals surface area contributed by atoms with Crippen molar-refractivity contribution >= 4 is 5.91 Å². The highest BCUT2D eigenvalue weighted by Gasteiger charge is 2.53. The molecule has 3 aliphatic heterocycles. The molecule has 3 heterocycles. The van der Waals surface area contributed by atoms with Crippen LogP contribution in [-0.4, -0.2) is 193 Å². The second-order valence-corrected chi connectivity index (χ2v) is 15.8. The van der Waals surface area contributed by atoms with Crippen molar-refractivity contribution in [3.8, 4) is 0 Å². The number of nitrogens with one attached hydrogen (secondary N) is 1. The number of aliphatic hydroxyl groups is 11. The van der Waals surface area contributed by atoms with Gasteiger partial charge in [0.25, 0.3) is 0 Å². The maximum atomic E-state index is 13.0. The number of carbonyl (C=O) groups excluding carboxylic acids is 1. The first-order chi connectivity index (χ1) is 30.3. The highest BCUT2D eigenvalue weighted by atomic mass is 16.8. The summed E-state index contributed by atoms with van der Waals surface area (Å²) in [6.45, 7) is 1.33. The van der Waals surface area contributed by atoms with E-state index in [0.717, 1.165) is 38.5 Å². The molecule has 0 aliphatic carbocycles. The van der Waals surface area contributed by atoms with E-state index in [1.165, 1.54) is 0 Å². The van der Waals surface area contributed by atoms with E-state index in [9.17, 15) is 61.0 Å². The quantitative estimate of drug-likeness (QED) is 0.0348. The van der Waals surface area contributed by atoms with Crippen LogP contribution < -0.4 is 5.32 Å². The topological polar surface area (TPSA) is 307 Å². The Morgan fingerprint density at radius 3 is 1.62 bits per heavy atom. The van der Waals surface area contributed by atoms with Gasteiger partial charge in [-0.15, -0.1) is 0 Å². The molecule has 19 heteroatoms. The van der Waals surface area contributed by atoms with Crippen LogP contribution in [0.3, 0.4) is 0 Å². The smallest absolute Gasteiger partial charge is 0.220 e. The molecule has 17 atom stereocenters. The standard InChI is InChI=1S/C44H73NO18/c1-3-5-7-9-10-11-12-13-14-15-16-18-20-22-32(50)45-27(28(49)21-19-17-8-6-4-2)26-58-42-38(56)35(53)40(30(24-47)60-42)63-44-39(57)36(54)41(31(25-48)61-44)62-43-37(55)34(52)33(51)29(23-46)59-43/h5,7,10-11,13-14,16,18-19,21,27-31,33-44,46-49,51-57H,3-4,6,8-9,12,15,17,20,22-26H2,1-2H3,(H,45,50)/b7-5-,11-10-,14-13-,18-16-,21-19+. The van der Waals surface area contributed by atoms with Gasteiger partial charge in [-0.1, -0.05) is 87.4 Å². The monoisotopic (exact) mass is 903 g/mol. The average Bonchev–Trinajstić information content (AvgIpc) is 3.28. The molecule has 1 amide bonds. The van der Waals surface area contributed by atoms with Crippen molar-refractivity contribution < 1.29 is 89.4 Å². The minimum Gasteiger partial charge on any atom is -0.394 e. The molecular weight excluding hydrogens is 830 g/mol. The molecule has 17 unspecified atom stereocenters. The summed E-state index contributed by atoms with van der Waals surface area (Å²) in [5.74, 6) is -0.369. The maximum absolute atomic E-state index is 13.0. The van der Waals surface area contributed by atoms with E-state index < -0.39 is 124 Å². The molecule has 0 aromatic heterocycles. The lowest BCUT2D eigenvalue weighted by Gasteiger charge is -2.48. The van der Waals surface area contributed by atoms with Gasteiger partial charge in [-0.05, 0) is 44.9 Å². The molecule has 3 aliphatic rings. The summed E-state index contributed by atoms with van der Waals surface area (Å²) in [5.41, 5.74) is 0. The Kier molecular flexibility index (Phi) is 26.0. The van der Waals surface area contributed by atoms with Crippen LogP contribution in [0.2, 0.25) is 0 Å². The van der Waals surface area contributed by atoms with Crippen LogP contribution in [0, 0.1) is 0 Å². The van der Waals surface area contributed by atoms with E-state index in [1.807, 2.05) is 18.2 Å². The maximum Gasteiger partial charge on any atom is 0.220 e. The Morgan fingerprint density at radius 2 is 1.08 bits per heavy atom. The predicted molar refractivity (Wildman–Crippen MR) is 226 cm³/mol. The number of allylic oxidation sites excluding steroid dienone is 9. The summed E-state index contributed by atoms with van der Waals surface area (Å²) in [7, 11) is 0.